The van der Waals surface area contributed by atoms with E-state index in [1.54, 1.807) is 12.1 Å². The summed E-state index contributed by atoms with van der Waals surface area (Å²) in [5.74, 6) is 2.95. The molecule has 2 atom stereocenters. The van der Waals surface area contributed by atoms with Crippen LogP contribution in [0.2, 0.25) is 0 Å². The molecule has 1 aromatic carbocycles. The van der Waals surface area contributed by atoms with Gasteiger partial charge in [0, 0.05) is 0 Å². The van der Waals surface area contributed by atoms with Crippen LogP contribution in [-0.4, -0.2) is 18.8 Å². The molecule has 0 amide bonds. The maximum absolute atomic E-state index is 12.6. The van der Waals surface area contributed by atoms with E-state index >= 15 is 0 Å². The van der Waals surface area contributed by atoms with Crippen LogP contribution in [0.4, 0.5) is 4.39 Å². The minimum absolute atomic E-state index is 0.0473. The highest BCUT2D eigenvalue weighted by Crippen LogP contribution is 2.20. The fourth-order valence-electron chi connectivity index (χ4n) is 1.67. The summed E-state index contributed by atoms with van der Waals surface area (Å²) in [6, 6.07) is 5.94. The Kier molecular flexibility index (Phi) is 3.43. The standard InChI is InChI=1S/C13H13FO2/c1-2-11-7-8-13(16-11)9-15-12-5-3-10(14)4-6-12/h1,3-6,11,13H,7-9H2/t11?,13-/m0/s1. The fourth-order valence-corrected chi connectivity index (χ4v) is 1.67. The minimum Gasteiger partial charge on any atom is -0.491 e. The van der Waals surface area contributed by atoms with Crippen LogP contribution in [0.25, 0.3) is 0 Å². The lowest BCUT2D eigenvalue weighted by Gasteiger charge is -2.12. The van der Waals surface area contributed by atoms with Crippen LogP contribution in [-0.2, 0) is 4.74 Å². The Morgan fingerprint density at radius 3 is 2.75 bits per heavy atom. The van der Waals surface area contributed by atoms with Crippen molar-refractivity contribution in [3.8, 4) is 18.1 Å². The second-order valence-corrected chi connectivity index (χ2v) is 3.76. The number of halogens is 1. The molecule has 2 rings (SSSR count). The maximum Gasteiger partial charge on any atom is 0.123 e. The predicted molar refractivity (Wildman–Crippen MR) is 58.6 cm³/mol. The van der Waals surface area contributed by atoms with E-state index in [4.69, 9.17) is 15.9 Å². The van der Waals surface area contributed by atoms with Gasteiger partial charge in [0.25, 0.3) is 0 Å². The molecule has 1 heterocycles. The highest BCUT2D eigenvalue weighted by Gasteiger charge is 2.23. The molecule has 0 N–H and O–H groups in total. The molecule has 0 saturated carbocycles. The molecule has 2 nitrogen and oxygen atoms in total. The quantitative estimate of drug-likeness (QED) is 0.728. The Morgan fingerprint density at radius 1 is 1.38 bits per heavy atom. The van der Waals surface area contributed by atoms with Crippen molar-refractivity contribution in [2.45, 2.75) is 25.0 Å². The van der Waals surface area contributed by atoms with Crippen molar-refractivity contribution >= 4 is 0 Å². The van der Waals surface area contributed by atoms with Crippen LogP contribution in [0, 0.1) is 18.2 Å². The molecule has 84 valence electrons. The summed E-state index contributed by atoms with van der Waals surface area (Å²) in [7, 11) is 0. The van der Waals surface area contributed by atoms with Gasteiger partial charge >= 0.3 is 0 Å². The van der Waals surface area contributed by atoms with Crippen molar-refractivity contribution in [2.24, 2.45) is 0 Å². The van der Waals surface area contributed by atoms with Gasteiger partial charge in [0.05, 0.1) is 6.10 Å². The zero-order valence-corrected chi connectivity index (χ0v) is 8.86. The lowest BCUT2D eigenvalue weighted by molar-refractivity contribution is 0.0420. The van der Waals surface area contributed by atoms with Crippen LogP contribution < -0.4 is 4.74 Å². The molecule has 0 aromatic heterocycles. The monoisotopic (exact) mass is 220 g/mol. The van der Waals surface area contributed by atoms with Crippen molar-refractivity contribution in [1.82, 2.24) is 0 Å². The smallest absolute Gasteiger partial charge is 0.123 e. The van der Waals surface area contributed by atoms with Gasteiger partial charge in [-0.2, -0.15) is 0 Å². The third kappa shape index (κ3) is 2.74. The molecular weight excluding hydrogens is 207 g/mol. The summed E-state index contributed by atoms with van der Waals surface area (Å²) in [5.41, 5.74) is 0. The molecule has 0 spiro atoms. The highest BCUT2D eigenvalue weighted by molar-refractivity contribution is 5.22. The van der Waals surface area contributed by atoms with Gasteiger partial charge in [-0.05, 0) is 37.1 Å². The minimum atomic E-state index is -0.267. The van der Waals surface area contributed by atoms with Gasteiger partial charge in [0.1, 0.15) is 24.3 Å². The predicted octanol–water partition coefficient (Wildman–Crippen LogP) is 2.39. The molecule has 1 unspecified atom stereocenters. The summed E-state index contributed by atoms with van der Waals surface area (Å²) in [5, 5.41) is 0. The average Bonchev–Trinajstić information content (AvgIpc) is 2.76. The first kappa shape index (κ1) is 11.0. The van der Waals surface area contributed by atoms with E-state index in [1.807, 2.05) is 0 Å². The van der Waals surface area contributed by atoms with Crippen LogP contribution in [0.3, 0.4) is 0 Å². The Bertz CT molecular complexity index is 380. The number of terminal acetylenes is 1. The molecule has 0 radical (unpaired) electrons. The Morgan fingerprint density at radius 2 is 2.12 bits per heavy atom. The van der Waals surface area contributed by atoms with Crippen molar-refractivity contribution in [3.05, 3.63) is 30.1 Å². The third-order valence-electron chi connectivity index (χ3n) is 2.54. The second-order valence-electron chi connectivity index (χ2n) is 3.76. The van der Waals surface area contributed by atoms with E-state index in [1.165, 1.54) is 12.1 Å². The van der Waals surface area contributed by atoms with Crippen LogP contribution in [0.15, 0.2) is 24.3 Å². The largest absolute Gasteiger partial charge is 0.491 e. The normalized spacial score (nSPS) is 24.0. The zero-order valence-electron chi connectivity index (χ0n) is 8.86. The first-order chi connectivity index (χ1) is 7.78. The SMILES string of the molecule is C#CC1CC[C@@H](COc2ccc(F)cc2)O1. The number of benzene rings is 1. The molecule has 1 aliphatic rings. The number of hydrogen-bond acceptors (Lipinski definition) is 2. The summed E-state index contributed by atoms with van der Waals surface area (Å²) in [4.78, 5) is 0. The van der Waals surface area contributed by atoms with Crippen molar-refractivity contribution in [1.29, 1.82) is 0 Å². The van der Waals surface area contributed by atoms with E-state index in [0.717, 1.165) is 12.8 Å². The van der Waals surface area contributed by atoms with E-state index in [0.29, 0.717) is 12.4 Å². The molecule has 1 saturated heterocycles. The maximum atomic E-state index is 12.6. The van der Waals surface area contributed by atoms with Crippen molar-refractivity contribution in [3.63, 3.8) is 0 Å². The lowest BCUT2D eigenvalue weighted by Crippen LogP contribution is -2.18. The van der Waals surface area contributed by atoms with E-state index < -0.39 is 0 Å². The summed E-state index contributed by atoms with van der Waals surface area (Å²) in [6.07, 6.45) is 7.02. The van der Waals surface area contributed by atoms with Crippen LogP contribution in [0.1, 0.15) is 12.8 Å². The Balaban J connectivity index is 1.80. The molecule has 16 heavy (non-hydrogen) atoms. The van der Waals surface area contributed by atoms with E-state index in [2.05, 4.69) is 5.92 Å². The lowest BCUT2D eigenvalue weighted by atomic mass is 10.2. The Hall–Kier alpha value is -1.53. The number of rotatable bonds is 3. The number of ether oxygens (including phenoxy) is 2. The molecule has 1 aromatic rings. The first-order valence-corrected chi connectivity index (χ1v) is 5.28. The zero-order chi connectivity index (χ0) is 11.4. The molecule has 1 fully saturated rings. The molecule has 1 aliphatic heterocycles. The first-order valence-electron chi connectivity index (χ1n) is 5.28. The van der Waals surface area contributed by atoms with Crippen LogP contribution >= 0.6 is 0 Å². The second kappa shape index (κ2) is 5.00. The average molecular weight is 220 g/mol. The van der Waals surface area contributed by atoms with E-state index in [-0.39, 0.29) is 18.0 Å². The van der Waals surface area contributed by atoms with Crippen LogP contribution in [0.5, 0.6) is 5.75 Å². The van der Waals surface area contributed by atoms with E-state index in [9.17, 15) is 4.39 Å². The summed E-state index contributed by atoms with van der Waals surface area (Å²) in [6.45, 7) is 0.462. The van der Waals surface area contributed by atoms with Gasteiger partial charge in [-0.15, -0.1) is 6.42 Å². The van der Waals surface area contributed by atoms with Gasteiger partial charge in [-0.3, -0.25) is 0 Å². The molecule has 3 heteroatoms. The highest BCUT2D eigenvalue weighted by atomic mass is 19.1. The molecular formula is C13H13FO2. The van der Waals surface area contributed by atoms with Gasteiger partial charge in [-0.1, -0.05) is 5.92 Å². The molecule has 0 aliphatic carbocycles. The third-order valence-corrected chi connectivity index (χ3v) is 2.54. The van der Waals surface area contributed by atoms with Gasteiger partial charge in [-0.25, -0.2) is 4.39 Å². The van der Waals surface area contributed by atoms with Gasteiger partial charge < -0.3 is 9.47 Å². The van der Waals surface area contributed by atoms with Gasteiger partial charge in [0.15, 0.2) is 0 Å². The summed E-state index contributed by atoms with van der Waals surface area (Å²) >= 11 is 0. The summed E-state index contributed by atoms with van der Waals surface area (Å²) < 4.78 is 23.6. The number of hydrogen-bond donors (Lipinski definition) is 0. The Labute approximate surface area is 94.4 Å². The van der Waals surface area contributed by atoms with Crippen molar-refractivity contribution < 1.29 is 13.9 Å². The van der Waals surface area contributed by atoms with Crippen molar-refractivity contribution in [2.75, 3.05) is 6.61 Å². The molecule has 0 bridgehead atoms. The fraction of sp³-hybridized carbons (Fsp3) is 0.385. The topological polar surface area (TPSA) is 18.5 Å². The van der Waals surface area contributed by atoms with Gasteiger partial charge in [0.2, 0.25) is 0 Å².